The van der Waals surface area contributed by atoms with Crippen molar-refractivity contribution in [3.8, 4) is 16.9 Å². The van der Waals surface area contributed by atoms with E-state index in [1.54, 1.807) is 7.11 Å². The van der Waals surface area contributed by atoms with Crippen LogP contribution in [-0.2, 0) is 9.47 Å². The standard InChI is InChI=1S/C27H33N3O3/c1-31-19-15-29-27-24(11-8-21-4-2-14-28-26(21)27)20-6-9-22(10-7-20)33-23-12-16-30(17-13-23)25-5-3-18-32-25/h2,4,6-11,14,23,25,29H,3,5,12-13,15-19H2,1H3/t25-/m1/s1. The Bertz CT molecular complexity index is 1040. The number of piperidine rings is 1. The highest BCUT2D eigenvalue weighted by molar-refractivity contribution is 5.99. The average molecular weight is 448 g/mol. The van der Waals surface area contributed by atoms with E-state index in [-0.39, 0.29) is 6.10 Å². The predicted molar refractivity (Wildman–Crippen MR) is 132 cm³/mol. The maximum atomic E-state index is 6.33. The molecule has 0 unspecified atom stereocenters. The number of hydrogen-bond donors (Lipinski definition) is 1. The zero-order valence-electron chi connectivity index (χ0n) is 19.3. The first-order valence-corrected chi connectivity index (χ1v) is 12.0. The van der Waals surface area contributed by atoms with Crippen LogP contribution in [0.5, 0.6) is 5.75 Å². The Balaban J connectivity index is 1.28. The summed E-state index contributed by atoms with van der Waals surface area (Å²) >= 11 is 0. The minimum atomic E-state index is 0.268. The molecule has 2 saturated heterocycles. The molecule has 6 nitrogen and oxygen atoms in total. The number of nitrogens with zero attached hydrogens (tertiary/aromatic N) is 2. The van der Waals surface area contributed by atoms with Gasteiger partial charge in [0.15, 0.2) is 0 Å². The van der Waals surface area contributed by atoms with E-state index < -0.39 is 0 Å². The third-order valence-corrected chi connectivity index (χ3v) is 6.64. The summed E-state index contributed by atoms with van der Waals surface area (Å²) in [5, 5.41) is 4.65. The first-order valence-electron chi connectivity index (χ1n) is 12.0. The lowest BCUT2D eigenvalue weighted by molar-refractivity contribution is -0.0441. The third kappa shape index (κ3) is 5.13. The summed E-state index contributed by atoms with van der Waals surface area (Å²) in [7, 11) is 1.72. The van der Waals surface area contributed by atoms with Gasteiger partial charge in [-0.25, -0.2) is 0 Å². The quantitative estimate of drug-likeness (QED) is 0.494. The van der Waals surface area contributed by atoms with Gasteiger partial charge in [-0.3, -0.25) is 9.88 Å². The minimum absolute atomic E-state index is 0.268. The van der Waals surface area contributed by atoms with Crippen molar-refractivity contribution in [3.63, 3.8) is 0 Å². The number of anilines is 1. The van der Waals surface area contributed by atoms with Crippen LogP contribution in [0.25, 0.3) is 22.0 Å². The van der Waals surface area contributed by atoms with Gasteiger partial charge in [0.1, 0.15) is 18.1 Å². The number of aromatic nitrogens is 1. The SMILES string of the molecule is COCCNc1c(-c2ccc(OC3CCN([C@H]4CCCO4)CC3)cc2)ccc2cccnc12. The van der Waals surface area contributed by atoms with Crippen molar-refractivity contribution in [2.24, 2.45) is 0 Å². The van der Waals surface area contributed by atoms with Gasteiger partial charge in [-0.1, -0.05) is 30.3 Å². The molecule has 0 bridgehead atoms. The zero-order valence-corrected chi connectivity index (χ0v) is 19.3. The van der Waals surface area contributed by atoms with Gasteiger partial charge in [0.2, 0.25) is 0 Å². The van der Waals surface area contributed by atoms with Gasteiger partial charge in [-0.2, -0.15) is 0 Å². The summed E-state index contributed by atoms with van der Waals surface area (Å²) in [4.78, 5) is 7.11. The number of nitrogens with one attached hydrogen (secondary N) is 1. The van der Waals surface area contributed by atoms with Gasteiger partial charge in [0.05, 0.1) is 17.8 Å². The molecule has 33 heavy (non-hydrogen) atoms. The maximum Gasteiger partial charge on any atom is 0.119 e. The molecule has 6 heteroatoms. The van der Waals surface area contributed by atoms with Gasteiger partial charge < -0.3 is 19.5 Å². The Morgan fingerprint density at radius 1 is 1.06 bits per heavy atom. The Morgan fingerprint density at radius 3 is 2.67 bits per heavy atom. The summed E-state index contributed by atoms with van der Waals surface area (Å²) in [6.45, 7) is 4.37. The predicted octanol–water partition coefficient (Wildman–Crippen LogP) is 4.94. The van der Waals surface area contributed by atoms with E-state index in [0.717, 1.165) is 72.5 Å². The van der Waals surface area contributed by atoms with Crippen molar-refractivity contribution in [3.05, 3.63) is 54.7 Å². The van der Waals surface area contributed by atoms with Gasteiger partial charge in [-0.05, 0) is 49.4 Å². The van der Waals surface area contributed by atoms with Gasteiger partial charge in [0.25, 0.3) is 0 Å². The Kier molecular flexibility index (Phi) is 7.05. The monoisotopic (exact) mass is 447 g/mol. The molecule has 0 amide bonds. The molecule has 1 N–H and O–H groups in total. The number of pyridine rings is 1. The molecule has 0 radical (unpaired) electrons. The molecule has 5 rings (SSSR count). The second-order valence-electron chi connectivity index (χ2n) is 8.83. The van der Waals surface area contributed by atoms with Crippen molar-refractivity contribution in [2.75, 3.05) is 45.3 Å². The third-order valence-electron chi connectivity index (χ3n) is 6.64. The Morgan fingerprint density at radius 2 is 1.91 bits per heavy atom. The van der Waals surface area contributed by atoms with E-state index >= 15 is 0 Å². The summed E-state index contributed by atoms with van der Waals surface area (Å²) in [6, 6.07) is 16.8. The van der Waals surface area contributed by atoms with Crippen LogP contribution >= 0.6 is 0 Å². The molecule has 0 spiro atoms. The van der Waals surface area contributed by atoms with Crippen LogP contribution in [0.15, 0.2) is 54.7 Å². The summed E-state index contributed by atoms with van der Waals surface area (Å²) in [6.07, 6.45) is 6.88. The molecule has 1 aromatic heterocycles. The average Bonchev–Trinajstić information content (AvgIpc) is 3.40. The molecule has 2 fully saturated rings. The molecule has 3 heterocycles. The minimum Gasteiger partial charge on any atom is -0.490 e. The van der Waals surface area contributed by atoms with Crippen molar-refractivity contribution >= 4 is 16.6 Å². The van der Waals surface area contributed by atoms with Crippen LogP contribution in [0.4, 0.5) is 5.69 Å². The Hall–Kier alpha value is -2.67. The largest absolute Gasteiger partial charge is 0.490 e. The van der Waals surface area contributed by atoms with Crippen LogP contribution in [0, 0.1) is 0 Å². The van der Waals surface area contributed by atoms with E-state index in [1.165, 1.54) is 12.8 Å². The number of methoxy groups -OCH3 is 1. The number of ether oxygens (including phenoxy) is 3. The number of benzene rings is 2. The van der Waals surface area contributed by atoms with E-state index in [2.05, 4.69) is 57.7 Å². The molecule has 1 atom stereocenters. The first kappa shape index (κ1) is 22.1. The summed E-state index contributed by atoms with van der Waals surface area (Å²) in [5.74, 6) is 0.933. The van der Waals surface area contributed by atoms with Crippen LogP contribution in [-0.4, -0.2) is 62.2 Å². The fourth-order valence-corrected chi connectivity index (χ4v) is 4.88. The number of fused-ring (bicyclic) bond motifs is 1. The van der Waals surface area contributed by atoms with Gasteiger partial charge in [-0.15, -0.1) is 0 Å². The van der Waals surface area contributed by atoms with Gasteiger partial charge in [0, 0.05) is 50.5 Å². The number of rotatable bonds is 8. The smallest absolute Gasteiger partial charge is 0.119 e. The van der Waals surface area contributed by atoms with Crippen molar-refractivity contribution < 1.29 is 14.2 Å². The number of likely N-dealkylation sites (tertiary alicyclic amines) is 1. The lowest BCUT2D eigenvalue weighted by Gasteiger charge is -2.35. The molecular formula is C27H33N3O3. The van der Waals surface area contributed by atoms with E-state index in [9.17, 15) is 0 Å². The molecule has 2 aromatic carbocycles. The fourth-order valence-electron chi connectivity index (χ4n) is 4.88. The lowest BCUT2D eigenvalue weighted by Crippen LogP contribution is -2.43. The summed E-state index contributed by atoms with van der Waals surface area (Å²) in [5.41, 5.74) is 4.29. The Labute approximate surface area is 195 Å². The highest BCUT2D eigenvalue weighted by Crippen LogP contribution is 2.35. The fraction of sp³-hybridized carbons (Fsp3) is 0.444. The maximum absolute atomic E-state index is 6.33. The summed E-state index contributed by atoms with van der Waals surface area (Å²) < 4.78 is 17.4. The van der Waals surface area contributed by atoms with Crippen molar-refractivity contribution in [2.45, 2.75) is 38.0 Å². The van der Waals surface area contributed by atoms with Gasteiger partial charge >= 0.3 is 0 Å². The molecule has 2 aliphatic heterocycles. The highest BCUT2D eigenvalue weighted by Gasteiger charge is 2.28. The molecular weight excluding hydrogens is 414 g/mol. The van der Waals surface area contributed by atoms with Crippen LogP contribution in [0.2, 0.25) is 0 Å². The number of hydrogen-bond acceptors (Lipinski definition) is 6. The normalized spacial score (nSPS) is 19.7. The van der Waals surface area contributed by atoms with Crippen molar-refractivity contribution in [1.29, 1.82) is 0 Å². The van der Waals surface area contributed by atoms with E-state index in [1.807, 2.05) is 12.3 Å². The van der Waals surface area contributed by atoms with Crippen LogP contribution in [0.1, 0.15) is 25.7 Å². The first-order chi connectivity index (χ1) is 16.3. The van der Waals surface area contributed by atoms with Crippen LogP contribution < -0.4 is 10.1 Å². The topological polar surface area (TPSA) is 55.8 Å². The second-order valence-corrected chi connectivity index (χ2v) is 8.83. The molecule has 0 saturated carbocycles. The van der Waals surface area contributed by atoms with E-state index in [0.29, 0.717) is 12.8 Å². The van der Waals surface area contributed by atoms with E-state index in [4.69, 9.17) is 14.2 Å². The van der Waals surface area contributed by atoms with Crippen LogP contribution in [0.3, 0.4) is 0 Å². The molecule has 174 valence electrons. The lowest BCUT2D eigenvalue weighted by atomic mass is 10.0. The molecule has 3 aromatic rings. The molecule has 0 aliphatic carbocycles. The molecule has 2 aliphatic rings. The van der Waals surface area contributed by atoms with Crippen molar-refractivity contribution in [1.82, 2.24) is 9.88 Å². The second kappa shape index (κ2) is 10.5. The zero-order chi connectivity index (χ0) is 22.5. The highest BCUT2D eigenvalue weighted by atomic mass is 16.5.